The molecule has 136 valence electrons. The molecular formula is C19H24N6O. The van der Waals surface area contributed by atoms with Crippen LogP contribution >= 0.6 is 0 Å². The van der Waals surface area contributed by atoms with E-state index in [-0.39, 0.29) is 17.6 Å². The molecule has 3 rings (SSSR count). The Labute approximate surface area is 153 Å². The van der Waals surface area contributed by atoms with Gasteiger partial charge in [0, 0.05) is 43.6 Å². The van der Waals surface area contributed by atoms with Crippen molar-refractivity contribution < 1.29 is 0 Å². The highest BCUT2D eigenvalue weighted by molar-refractivity contribution is 5.57. The van der Waals surface area contributed by atoms with Crippen LogP contribution in [-0.4, -0.2) is 45.8 Å². The van der Waals surface area contributed by atoms with Crippen LogP contribution in [0.4, 0.5) is 5.69 Å². The van der Waals surface area contributed by atoms with E-state index in [1.165, 1.54) is 5.56 Å². The van der Waals surface area contributed by atoms with Gasteiger partial charge < -0.3 is 4.90 Å². The van der Waals surface area contributed by atoms with Crippen molar-refractivity contribution in [1.29, 1.82) is 5.26 Å². The van der Waals surface area contributed by atoms with Gasteiger partial charge in [-0.2, -0.15) is 10.4 Å². The number of aromatic amines is 1. The molecule has 1 fully saturated rings. The van der Waals surface area contributed by atoms with Gasteiger partial charge in [-0.15, -0.1) is 0 Å². The molecule has 2 aromatic rings. The molecule has 26 heavy (non-hydrogen) atoms. The van der Waals surface area contributed by atoms with E-state index in [4.69, 9.17) is 0 Å². The normalized spacial score (nSPS) is 19.2. The van der Waals surface area contributed by atoms with Crippen LogP contribution in [-0.2, 0) is 6.42 Å². The van der Waals surface area contributed by atoms with Crippen LogP contribution in [0.15, 0.2) is 29.3 Å². The summed E-state index contributed by atoms with van der Waals surface area (Å²) in [6.45, 7) is 8.90. The van der Waals surface area contributed by atoms with Crippen LogP contribution in [0.3, 0.4) is 0 Å². The summed E-state index contributed by atoms with van der Waals surface area (Å²) < 4.78 is 0. The number of aromatic nitrogens is 3. The maximum atomic E-state index is 11.9. The standard InChI is InChI=1S/C19H24N6O/c1-4-17-15(6-5-7-21-17)14(3)24-8-9-25(13(2)12-24)18-11-22-23-19(26)16(18)10-20/h5-7,11,13-14H,4,8-9,12H2,1-3H3,(H,23,26). The lowest BCUT2D eigenvalue weighted by atomic mass is 10.0. The van der Waals surface area contributed by atoms with Crippen molar-refractivity contribution in [1.82, 2.24) is 20.1 Å². The van der Waals surface area contributed by atoms with Crippen molar-refractivity contribution in [2.75, 3.05) is 24.5 Å². The van der Waals surface area contributed by atoms with E-state index in [2.05, 4.69) is 51.8 Å². The highest BCUT2D eigenvalue weighted by atomic mass is 16.1. The average Bonchev–Trinajstić information content (AvgIpc) is 2.67. The predicted octanol–water partition coefficient (Wildman–Crippen LogP) is 1.87. The Morgan fingerprint density at radius 1 is 1.46 bits per heavy atom. The van der Waals surface area contributed by atoms with Crippen molar-refractivity contribution in [3.8, 4) is 6.07 Å². The van der Waals surface area contributed by atoms with Crippen LogP contribution < -0.4 is 10.5 Å². The van der Waals surface area contributed by atoms with E-state index in [1.807, 2.05) is 18.3 Å². The fourth-order valence-corrected chi connectivity index (χ4v) is 3.73. The number of hydrogen-bond acceptors (Lipinski definition) is 6. The zero-order valence-corrected chi connectivity index (χ0v) is 15.4. The van der Waals surface area contributed by atoms with Crippen LogP contribution in [0, 0.1) is 11.3 Å². The monoisotopic (exact) mass is 352 g/mol. The van der Waals surface area contributed by atoms with Gasteiger partial charge in [0.05, 0.1) is 11.9 Å². The summed E-state index contributed by atoms with van der Waals surface area (Å²) in [5.41, 5.74) is 2.73. The molecule has 0 spiro atoms. The SMILES string of the molecule is CCc1ncccc1C(C)N1CCN(c2cn[nH]c(=O)c2C#N)C(C)C1. The number of nitrogens with zero attached hydrogens (tertiary/aromatic N) is 5. The summed E-state index contributed by atoms with van der Waals surface area (Å²) in [5, 5.41) is 15.5. The minimum Gasteiger partial charge on any atom is -0.364 e. The number of piperazine rings is 1. The van der Waals surface area contributed by atoms with Gasteiger partial charge in [-0.05, 0) is 31.9 Å². The van der Waals surface area contributed by atoms with Crippen LogP contribution in [0.1, 0.15) is 43.6 Å². The minimum absolute atomic E-state index is 0.133. The molecule has 0 aromatic carbocycles. The molecule has 0 aliphatic carbocycles. The molecule has 0 amide bonds. The molecule has 0 saturated carbocycles. The second-order valence-corrected chi connectivity index (χ2v) is 6.68. The maximum Gasteiger partial charge on any atom is 0.284 e. The number of H-pyrrole nitrogens is 1. The molecular weight excluding hydrogens is 328 g/mol. The second kappa shape index (κ2) is 7.67. The zero-order valence-electron chi connectivity index (χ0n) is 15.4. The first-order valence-electron chi connectivity index (χ1n) is 8.99. The van der Waals surface area contributed by atoms with Gasteiger partial charge in [-0.1, -0.05) is 13.0 Å². The number of hydrogen-bond donors (Lipinski definition) is 1. The minimum atomic E-state index is -0.434. The van der Waals surface area contributed by atoms with Crippen molar-refractivity contribution in [2.24, 2.45) is 0 Å². The number of anilines is 1. The quantitative estimate of drug-likeness (QED) is 0.904. The third kappa shape index (κ3) is 3.33. The fraction of sp³-hybridized carbons (Fsp3) is 0.474. The Morgan fingerprint density at radius 3 is 2.96 bits per heavy atom. The molecule has 1 aliphatic rings. The summed E-state index contributed by atoms with van der Waals surface area (Å²) in [4.78, 5) is 20.9. The number of nitriles is 1. The average molecular weight is 352 g/mol. The second-order valence-electron chi connectivity index (χ2n) is 6.68. The van der Waals surface area contributed by atoms with E-state index in [9.17, 15) is 10.1 Å². The van der Waals surface area contributed by atoms with E-state index in [1.54, 1.807) is 6.20 Å². The zero-order chi connectivity index (χ0) is 18.7. The highest BCUT2D eigenvalue weighted by Gasteiger charge is 2.30. The van der Waals surface area contributed by atoms with Crippen LogP contribution in [0.5, 0.6) is 0 Å². The van der Waals surface area contributed by atoms with Crippen molar-refractivity contribution in [3.63, 3.8) is 0 Å². The van der Waals surface area contributed by atoms with Crippen LogP contribution in [0.2, 0.25) is 0 Å². The number of nitrogens with one attached hydrogen (secondary N) is 1. The molecule has 7 nitrogen and oxygen atoms in total. The first-order chi connectivity index (χ1) is 12.6. The molecule has 2 unspecified atom stereocenters. The number of pyridine rings is 1. The third-order valence-electron chi connectivity index (χ3n) is 5.17. The van der Waals surface area contributed by atoms with Gasteiger partial charge in [0.2, 0.25) is 0 Å². The number of rotatable bonds is 4. The summed E-state index contributed by atoms with van der Waals surface area (Å²) in [5.74, 6) is 0. The van der Waals surface area contributed by atoms with Gasteiger partial charge in [-0.3, -0.25) is 14.7 Å². The lowest BCUT2D eigenvalue weighted by Crippen LogP contribution is -2.53. The Kier molecular flexibility index (Phi) is 5.33. The van der Waals surface area contributed by atoms with E-state index >= 15 is 0 Å². The smallest absolute Gasteiger partial charge is 0.284 e. The summed E-state index contributed by atoms with van der Waals surface area (Å²) in [6.07, 6.45) is 4.34. The maximum absolute atomic E-state index is 11.9. The van der Waals surface area contributed by atoms with Gasteiger partial charge in [0.1, 0.15) is 11.6 Å². The van der Waals surface area contributed by atoms with Gasteiger partial charge in [0.15, 0.2) is 0 Å². The van der Waals surface area contributed by atoms with E-state index < -0.39 is 5.56 Å². The Hall–Kier alpha value is -2.72. The third-order valence-corrected chi connectivity index (χ3v) is 5.17. The van der Waals surface area contributed by atoms with E-state index in [0.29, 0.717) is 5.69 Å². The largest absolute Gasteiger partial charge is 0.364 e. The number of aryl methyl sites for hydroxylation is 1. The van der Waals surface area contributed by atoms with Crippen molar-refractivity contribution >= 4 is 5.69 Å². The molecule has 7 heteroatoms. The fourth-order valence-electron chi connectivity index (χ4n) is 3.73. The first kappa shape index (κ1) is 18.1. The summed E-state index contributed by atoms with van der Waals surface area (Å²) in [7, 11) is 0. The molecule has 1 aliphatic heterocycles. The lowest BCUT2D eigenvalue weighted by Gasteiger charge is -2.43. The van der Waals surface area contributed by atoms with Crippen molar-refractivity contribution in [3.05, 3.63) is 51.7 Å². The molecule has 2 atom stereocenters. The molecule has 0 bridgehead atoms. The van der Waals surface area contributed by atoms with Gasteiger partial charge in [-0.25, -0.2) is 5.10 Å². The molecule has 3 heterocycles. The van der Waals surface area contributed by atoms with Gasteiger partial charge >= 0.3 is 0 Å². The first-order valence-corrected chi connectivity index (χ1v) is 8.99. The molecule has 1 N–H and O–H groups in total. The summed E-state index contributed by atoms with van der Waals surface area (Å²) in [6, 6.07) is 6.60. The summed E-state index contributed by atoms with van der Waals surface area (Å²) >= 11 is 0. The topological polar surface area (TPSA) is 88.9 Å². The molecule has 1 saturated heterocycles. The molecule has 0 radical (unpaired) electrons. The Bertz CT molecular complexity index is 871. The van der Waals surface area contributed by atoms with Gasteiger partial charge in [0.25, 0.3) is 5.56 Å². The van der Waals surface area contributed by atoms with E-state index in [0.717, 1.165) is 31.7 Å². The Balaban J connectivity index is 1.80. The van der Waals surface area contributed by atoms with Crippen molar-refractivity contribution in [2.45, 2.75) is 39.3 Å². The van der Waals surface area contributed by atoms with Crippen LogP contribution in [0.25, 0.3) is 0 Å². The lowest BCUT2D eigenvalue weighted by molar-refractivity contribution is 0.174. The Morgan fingerprint density at radius 2 is 2.27 bits per heavy atom. The molecule has 2 aromatic heterocycles. The predicted molar refractivity (Wildman–Crippen MR) is 100.0 cm³/mol. The highest BCUT2D eigenvalue weighted by Crippen LogP contribution is 2.28.